The van der Waals surface area contributed by atoms with Crippen LogP contribution >= 0.6 is 0 Å². The van der Waals surface area contributed by atoms with E-state index in [2.05, 4.69) is 17.1 Å². The molecule has 1 unspecified atom stereocenters. The van der Waals surface area contributed by atoms with Crippen LogP contribution in [0.25, 0.3) is 0 Å². The topological polar surface area (TPSA) is 58.4 Å². The lowest BCUT2D eigenvalue weighted by Gasteiger charge is -2.29. The van der Waals surface area contributed by atoms with Gasteiger partial charge in [0.25, 0.3) is 0 Å². The number of primary amides is 1. The number of nitrogens with one attached hydrogen (secondary N) is 1. The van der Waals surface area contributed by atoms with Crippen molar-refractivity contribution < 1.29 is 4.79 Å². The van der Waals surface area contributed by atoms with Crippen molar-refractivity contribution in [1.82, 2.24) is 10.2 Å². The number of likely N-dealkylation sites (tertiary alicyclic amines) is 1. The molecule has 1 aliphatic rings. The minimum atomic E-state index is -0.365. The third-order valence-electron chi connectivity index (χ3n) is 4.05. The van der Waals surface area contributed by atoms with Crippen molar-refractivity contribution in [2.24, 2.45) is 11.7 Å². The van der Waals surface area contributed by atoms with Crippen molar-refractivity contribution in [3.63, 3.8) is 0 Å². The molecule has 1 saturated heterocycles. The van der Waals surface area contributed by atoms with E-state index < -0.39 is 0 Å². The lowest BCUT2D eigenvalue weighted by atomic mass is 10.1. The average Bonchev–Trinajstić information content (AvgIpc) is 2.48. The summed E-state index contributed by atoms with van der Waals surface area (Å²) in [5, 5.41) is 3.48. The van der Waals surface area contributed by atoms with Crippen LogP contribution in [-0.2, 0) is 6.54 Å². The highest BCUT2D eigenvalue weighted by molar-refractivity contribution is 5.92. The molecule has 4 heteroatoms. The van der Waals surface area contributed by atoms with Gasteiger partial charge in [0.05, 0.1) is 0 Å². The first-order chi connectivity index (χ1) is 10.1. The van der Waals surface area contributed by atoms with Gasteiger partial charge < -0.3 is 16.0 Å². The summed E-state index contributed by atoms with van der Waals surface area (Å²) in [6.07, 6.45) is 4.08. The molecule has 1 heterocycles. The van der Waals surface area contributed by atoms with Crippen LogP contribution in [0.1, 0.15) is 42.1 Å². The summed E-state index contributed by atoms with van der Waals surface area (Å²) in [6, 6.07) is 7.53. The van der Waals surface area contributed by atoms with E-state index in [4.69, 9.17) is 5.73 Å². The second-order valence-corrected chi connectivity index (χ2v) is 6.16. The molecule has 1 atom stereocenters. The molecule has 2 rings (SSSR count). The zero-order valence-corrected chi connectivity index (χ0v) is 13.0. The summed E-state index contributed by atoms with van der Waals surface area (Å²) in [4.78, 5) is 13.7. The SMILES string of the molecule is CC(CNCc1cccc(C(N)=O)c1)CN1CCCCC1. The first-order valence-electron chi connectivity index (χ1n) is 7.97. The number of piperidine rings is 1. The van der Waals surface area contributed by atoms with Gasteiger partial charge in [0.2, 0.25) is 5.91 Å². The van der Waals surface area contributed by atoms with E-state index in [1.165, 1.54) is 38.9 Å². The summed E-state index contributed by atoms with van der Waals surface area (Å²) in [5.41, 5.74) is 6.99. The zero-order chi connectivity index (χ0) is 15.1. The Morgan fingerprint density at radius 2 is 2.10 bits per heavy atom. The highest BCUT2D eigenvalue weighted by Gasteiger charge is 2.13. The first-order valence-corrected chi connectivity index (χ1v) is 7.97. The van der Waals surface area contributed by atoms with E-state index in [1.807, 2.05) is 18.2 Å². The molecule has 1 aromatic carbocycles. The first kappa shape index (κ1) is 16.0. The van der Waals surface area contributed by atoms with Crippen molar-refractivity contribution in [3.8, 4) is 0 Å². The molecule has 0 radical (unpaired) electrons. The van der Waals surface area contributed by atoms with Gasteiger partial charge in [-0.3, -0.25) is 4.79 Å². The van der Waals surface area contributed by atoms with Gasteiger partial charge in [-0.1, -0.05) is 25.5 Å². The fourth-order valence-corrected chi connectivity index (χ4v) is 2.94. The third-order valence-corrected chi connectivity index (χ3v) is 4.05. The lowest BCUT2D eigenvalue weighted by molar-refractivity contribution is 0.1000. The smallest absolute Gasteiger partial charge is 0.248 e. The van der Waals surface area contributed by atoms with Crippen molar-refractivity contribution in [2.75, 3.05) is 26.2 Å². The highest BCUT2D eigenvalue weighted by atomic mass is 16.1. The van der Waals surface area contributed by atoms with Gasteiger partial charge >= 0.3 is 0 Å². The molecule has 0 saturated carbocycles. The zero-order valence-electron chi connectivity index (χ0n) is 13.0. The van der Waals surface area contributed by atoms with Crippen molar-refractivity contribution >= 4 is 5.91 Å². The van der Waals surface area contributed by atoms with Gasteiger partial charge in [-0.2, -0.15) is 0 Å². The van der Waals surface area contributed by atoms with Crippen molar-refractivity contribution in [1.29, 1.82) is 0 Å². The lowest BCUT2D eigenvalue weighted by Crippen LogP contribution is -2.36. The Hall–Kier alpha value is -1.39. The number of amides is 1. The number of hydrogen-bond donors (Lipinski definition) is 2. The van der Waals surface area contributed by atoms with E-state index in [0.29, 0.717) is 11.5 Å². The van der Waals surface area contributed by atoms with Gasteiger partial charge in [-0.15, -0.1) is 0 Å². The molecule has 0 bridgehead atoms. The Bertz CT molecular complexity index is 455. The predicted octanol–water partition coefficient (Wildman–Crippen LogP) is 2.00. The predicted molar refractivity (Wildman–Crippen MR) is 86.1 cm³/mol. The molecule has 1 aromatic rings. The molecule has 1 amide bonds. The van der Waals surface area contributed by atoms with E-state index in [-0.39, 0.29) is 5.91 Å². The Morgan fingerprint density at radius 3 is 2.81 bits per heavy atom. The van der Waals surface area contributed by atoms with Crippen LogP contribution < -0.4 is 11.1 Å². The summed E-state index contributed by atoms with van der Waals surface area (Å²) < 4.78 is 0. The van der Waals surface area contributed by atoms with Crippen LogP contribution in [0.5, 0.6) is 0 Å². The largest absolute Gasteiger partial charge is 0.366 e. The van der Waals surface area contributed by atoms with Crippen LogP contribution in [-0.4, -0.2) is 37.0 Å². The molecule has 0 aliphatic carbocycles. The van der Waals surface area contributed by atoms with Gasteiger partial charge in [0, 0.05) is 18.7 Å². The number of carbonyl (C=O) groups excluding carboxylic acids is 1. The van der Waals surface area contributed by atoms with Crippen LogP contribution in [0.15, 0.2) is 24.3 Å². The van der Waals surface area contributed by atoms with Gasteiger partial charge in [0.1, 0.15) is 0 Å². The van der Waals surface area contributed by atoms with E-state index in [9.17, 15) is 4.79 Å². The summed E-state index contributed by atoms with van der Waals surface area (Å²) in [7, 11) is 0. The molecule has 0 aromatic heterocycles. The molecule has 1 fully saturated rings. The monoisotopic (exact) mass is 289 g/mol. The maximum absolute atomic E-state index is 11.2. The molecule has 1 aliphatic heterocycles. The molecule has 3 N–H and O–H groups in total. The van der Waals surface area contributed by atoms with Gasteiger partial charge in [-0.25, -0.2) is 0 Å². The Morgan fingerprint density at radius 1 is 1.33 bits per heavy atom. The van der Waals surface area contributed by atoms with Crippen molar-refractivity contribution in [2.45, 2.75) is 32.7 Å². The van der Waals surface area contributed by atoms with Gasteiger partial charge in [-0.05, 0) is 56.1 Å². The molecule has 116 valence electrons. The second kappa shape index (κ2) is 8.15. The summed E-state index contributed by atoms with van der Waals surface area (Å²) >= 11 is 0. The third kappa shape index (κ3) is 5.48. The maximum atomic E-state index is 11.2. The van der Waals surface area contributed by atoms with Crippen LogP contribution in [0.3, 0.4) is 0 Å². The standard InChI is InChI=1S/C17H27N3O/c1-14(13-20-8-3-2-4-9-20)11-19-12-15-6-5-7-16(10-15)17(18)21/h5-7,10,14,19H,2-4,8-9,11-13H2,1H3,(H2,18,21). The number of benzene rings is 1. The summed E-state index contributed by atoms with van der Waals surface area (Å²) in [5.74, 6) is 0.276. The average molecular weight is 289 g/mol. The Kier molecular flexibility index (Phi) is 6.21. The number of carbonyl (C=O) groups is 1. The van der Waals surface area contributed by atoms with Crippen molar-refractivity contribution in [3.05, 3.63) is 35.4 Å². The number of nitrogens with zero attached hydrogens (tertiary/aromatic N) is 1. The molecule has 4 nitrogen and oxygen atoms in total. The molecule has 21 heavy (non-hydrogen) atoms. The fraction of sp³-hybridized carbons (Fsp3) is 0.588. The molecule has 0 spiro atoms. The minimum absolute atomic E-state index is 0.365. The number of hydrogen-bond acceptors (Lipinski definition) is 3. The quantitative estimate of drug-likeness (QED) is 0.807. The maximum Gasteiger partial charge on any atom is 0.248 e. The van der Waals surface area contributed by atoms with E-state index in [0.717, 1.165) is 18.7 Å². The minimum Gasteiger partial charge on any atom is -0.366 e. The highest BCUT2D eigenvalue weighted by Crippen LogP contribution is 2.11. The number of rotatable bonds is 7. The van der Waals surface area contributed by atoms with Gasteiger partial charge in [0.15, 0.2) is 0 Å². The van der Waals surface area contributed by atoms with E-state index in [1.54, 1.807) is 6.07 Å². The summed E-state index contributed by atoms with van der Waals surface area (Å²) in [6.45, 7) is 7.76. The van der Waals surface area contributed by atoms with Crippen LogP contribution in [0.4, 0.5) is 0 Å². The second-order valence-electron chi connectivity index (χ2n) is 6.16. The normalized spacial score (nSPS) is 17.6. The Labute approximate surface area is 127 Å². The fourth-order valence-electron chi connectivity index (χ4n) is 2.94. The number of nitrogens with two attached hydrogens (primary N) is 1. The van der Waals surface area contributed by atoms with Crippen LogP contribution in [0, 0.1) is 5.92 Å². The van der Waals surface area contributed by atoms with E-state index >= 15 is 0 Å². The Balaban J connectivity index is 1.70. The molecular weight excluding hydrogens is 262 g/mol. The molecular formula is C17H27N3O. The van der Waals surface area contributed by atoms with Crippen LogP contribution in [0.2, 0.25) is 0 Å².